The molecule has 0 atom stereocenters. The van der Waals surface area contributed by atoms with Gasteiger partial charge in [0.25, 0.3) is 11.6 Å². The molecule has 0 radical (unpaired) electrons. The molecule has 0 unspecified atom stereocenters. The van der Waals surface area contributed by atoms with Crippen molar-refractivity contribution >= 4 is 51.4 Å². The first kappa shape index (κ1) is 22.5. The van der Waals surface area contributed by atoms with Gasteiger partial charge in [-0.1, -0.05) is 12.1 Å². The normalized spacial score (nSPS) is 13.1. The van der Waals surface area contributed by atoms with Gasteiger partial charge in [0.15, 0.2) is 10.7 Å². The first-order valence-electron chi connectivity index (χ1n) is 11.1. The zero-order chi connectivity index (χ0) is 24.4. The standard InChI is InChI=1S/C25H21N5O4S/c31-23(17-9-12-20(21(15-17)30(32)33)29-13-3-4-14-29)28-25(35)26-18-10-7-16(8-11-18)24-27-19-5-1-2-6-22(19)34-24/h1-2,5-12,15H,3-4,13-14H2,(H2,26,28,31,35). The fourth-order valence-electron chi connectivity index (χ4n) is 4.07. The fourth-order valence-corrected chi connectivity index (χ4v) is 4.28. The number of hydrogen-bond acceptors (Lipinski definition) is 7. The Kier molecular flexibility index (Phi) is 6.11. The van der Waals surface area contributed by atoms with Crippen LogP contribution in [-0.4, -0.2) is 34.0 Å². The van der Waals surface area contributed by atoms with E-state index in [4.69, 9.17) is 16.6 Å². The predicted molar refractivity (Wildman–Crippen MR) is 138 cm³/mol. The number of para-hydroxylation sites is 2. The van der Waals surface area contributed by atoms with E-state index in [0.717, 1.165) is 37.0 Å². The molecule has 1 saturated heterocycles. The van der Waals surface area contributed by atoms with Crippen molar-refractivity contribution in [3.05, 3.63) is 82.4 Å². The average Bonchev–Trinajstić information content (AvgIpc) is 3.54. The number of nitrogens with one attached hydrogen (secondary N) is 2. The van der Waals surface area contributed by atoms with Crippen molar-refractivity contribution in [3.63, 3.8) is 0 Å². The highest BCUT2D eigenvalue weighted by Gasteiger charge is 2.24. The summed E-state index contributed by atoms with van der Waals surface area (Å²) in [6, 6.07) is 19.3. The van der Waals surface area contributed by atoms with Crippen LogP contribution >= 0.6 is 12.2 Å². The molecule has 9 nitrogen and oxygen atoms in total. The largest absolute Gasteiger partial charge is 0.436 e. The zero-order valence-electron chi connectivity index (χ0n) is 18.6. The van der Waals surface area contributed by atoms with E-state index in [9.17, 15) is 14.9 Å². The highest BCUT2D eigenvalue weighted by Crippen LogP contribution is 2.31. The van der Waals surface area contributed by atoms with Gasteiger partial charge in [-0.2, -0.15) is 0 Å². The summed E-state index contributed by atoms with van der Waals surface area (Å²) in [4.78, 5) is 30.3. The van der Waals surface area contributed by atoms with E-state index in [1.54, 1.807) is 24.3 Å². The van der Waals surface area contributed by atoms with Crippen LogP contribution in [0.15, 0.2) is 71.1 Å². The van der Waals surface area contributed by atoms with Gasteiger partial charge in [-0.15, -0.1) is 0 Å². The molecule has 2 heterocycles. The lowest BCUT2D eigenvalue weighted by atomic mass is 10.1. The quantitative estimate of drug-likeness (QED) is 0.226. The number of benzene rings is 3. The second-order valence-electron chi connectivity index (χ2n) is 8.13. The van der Waals surface area contributed by atoms with Crippen LogP contribution in [0.1, 0.15) is 23.2 Å². The van der Waals surface area contributed by atoms with E-state index in [2.05, 4.69) is 15.6 Å². The number of rotatable bonds is 5. The Morgan fingerprint density at radius 1 is 1.06 bits per heavy atom. The summed E-state index contributed by atoms with van der Waals surface area (Å²) in [5, 5.41) is 17.2. The number of nitrogens with zero attached hydrogens (tertiary/aromatic N) is 3. The van der Waals surface area contributed by atoms with Crippen molar-refractivity contribution in [3.8, 4) is 11.5 Å². The number of oxazole rings is 1. The van der Waals surface area contributed by atoms with Gasteiger partial charge in [-0.3, -0.25) is 20.2 Å². The molecule has 176 valence electrons. The van der Waals surface area contributed by atoms with E-state index in [1.165, 1.54) is 6.07 Å². The summed E-state index contributed by atoms with van der Waals surface area (Å²) in [7, 11) is 0. The van der Waals surface area contributed by atoms with Crippen LogP contribution in [-0.2, 0) is 0 Å². The lowest BCUT2D eigenvalue weighted by Crippen LogP contribution is -2.34. The molecule has 0 saturated carbocycles. The van der Waals surface area contributed by atoms with Gasteiger partial charge in [0.2, 0.25) is 5.89 Å². The Morgan fingerprint density at radius 3 is 2.51 bits per heavy atom. The van der Waals surface area contributed by atoms with E-state index in [-0.39, 0.29) is 16.4 Å². The lowest BCUT2D eigenvalue weighted by Gasteiger charge is -2.18. The number of anilines is 2. The van der Waals surface area contributed by atoms with Gasteiger partial charge >= 0.3 is 0 Å². The topological polar surface area (TPSA) is 114 Å². The number of aromatic nitrogens is 1. The van der Waals surface area contributed by atoms with Crippen LogP contribution in [0.3, 0.4) is 0 Å². The second-order valence-corrected chi connectivity index (χ2v) is 8.54. The number of nitro benzene ring substituents is 1. The molecule has 1 fully saturated rings. The Labute approximate surface area is 205 Å². The molecule has 3 aromatic carbocycles. The highest BCUT2D eigenvalue weighted by molar-refractivity contribution is 7.80. The molecule has 4 aromatic rings. The first-order chi connectivity index (χ1) is 17.0. The molecular weight excluding hydrogens is 466 g/mol. The summed E-state index contributed by atoms with van der Waals surface area (Å²) >= 11 is 5.26. The van der Waals surface area contributed by atoms with Crippen LogP contribution < -0.4 is 15.5 Å². The first-order valence-corrected chi connectivity index (χ1v) is 11.5. The molecule has 35 heavy (non-hydrogen) atoms. The van der Waals surface area contributed by atoms with Gasteiger partial charge in [0.05, 0.1) is 4.92 Å². The Morgan fingerprint density at radius 2 is 1.80 bits per heavy atom. The molecule has 0 aliphatic carbocycles. The third-order valence-electron chi connectivity index (χ3n) is 5.79. The fraction of sp³-hybridized carbons (Fsp3) is 0.160. The van der Waals surface area contributed by atoms with Gasteiger partial charge in [-0.25, -0.2) is 4.98 Å². The summed E-state index contributed by atoms with van der Waals surface area (Å²) in [5.41, 5.74) is 3.55. The van der Waals surface area contributed by atoms with Crippen LogP contribution in [0.5, 0.6) is 0 Å². The Bertz CT molecular complexity index is 1390. The number of nitro groups is 1. The Balaban J connectivity index is 1.24. The minimum absolute atomic E-state index is 0.0795. The molecule has 10 heteroatoms. The van der Waals surface area contributed by atoms with Crippen molar-refractivity contribution < 1.29 is 14.1 Å². The number of fused-ring (bicyclic) bond motifs is 1. The van der Waals surface area contributed by atoms with Gasteiger partial charge < -0.3 is 14.6 Å². The van der Waals surface area contributed by atoms with Gasteiger partial charge in [0, 0.05) is 36.0 Å². The number of amides is 1. The average molecular weight is 488 g/mol. The molecule has 1 aliphatic rings. The SMILES string of the molecule is O=C(NC(=S)Nc1ccc(-c2nc3ccccc3o2)cc1)c1ccc(N2CCCC2)c([N+](=O)[O-])c1. The Hall–Kier alpha value is -4.31. The van der Waals surface area contributed by atoms with Crippen LogP contribution in [0.4, 0.5) is 17.1 Å². The van der Waals surface area contributed by atoms with E-state index >= 15 is 0 Å². The molecule has 5 rings (SSSR count). The monoisotopic (exact) mass is 487 g/mol. The van der Waals surface area contributed by atoms with Crippen molar-refractivity contribution in [2.45, 2.75) is 12.8 Å². The molecule has 1 amide bonds. The smallest absolute Gasteiger partial charge is 0.293 e. The van der Waals surface area contributed by atoms with Crippen molar-refractivity contribution in [2.24, 2.45) is 0 Å². The van der Waals surface area contributed by atoms with E-state index < -0.39 is 10.8 Å². The second kappa shape index (κ2) is 9.51. The van der Waals surface area contributed by atoms with Gasteiger partial charge in [0.1, 0.15) is 11.2 Å². The molecule has 1 aliphatic heterocycles. The number of carbonyl (C=O) groups excluding carboxylic acids is 1. The van der Waals surface area contributed by atoms with E-state index in [1.807, 2.05) is 41.3 Å². The van der Waals surface area contributed by atoms with Crippen LogP contribution in [0, 0.1) is 10.1 Å². The van der Waals surface area contributed by atoms with Crippen molar-refractivity contribution in [2.75, 3.05) is 23.3 Å². The zero-order valence-corrected chi connectivity index (χ0v) is 19.4. The summed E-state index contributed by atoms with van der Waals surface area (Å²) in [6.45, 7) is 1.54. The minimum atomic E-state index is -0.526. The summed E-state index contributed by atoms with van der Waals surface area (Å²) in [6.07, 6.45) is 1.99. The predicted octanol–water partition coefficient (Wildman–Crippen LogP) is 5.13. The minimum Gasteiger partial charge on any atom is -0.436 e. The van der Waals surface area contributed by atoms with Gasteiger partial charge in [-0.05, 0) is 73.6 Å². The molecule has 2 N–H and O–H groups in total. The number of thiocarbonyl (C=S) groups is 1. The summed E-state index contributed by atoms with van der Waals surface area (Å²) in [5.74, 6) is -0.0192. The van der Waals surface area contributed by atoms with Crippen LogP contribution in [0.2, 0.25) is 0 Å². The molecule has 0 bridgehead atoms. The maximum Gasteiger partial charge on any atom is 0.293 e. The highest BCUT2D eigenvalue weighted by atomic mass is 32.1. The number of hydrogen-bond donors (Lipinski definition) is 2. The van der Waals surface area contributed by atoms with Crippen LogP contribution in [0.25, 0.3) is 22.6 Å². The maximum absolute atomic E-state index is 12.7. The molecule has 1 aromatic heterocycles. The third-order valence-corrected chi connectivity index (χ3v) is 6.00. The third kappa shape index (κ3) is 4.82. The van der Waals surface area contributed by atoms with Crippen molar-refractivity contribution in [1.82, 2.24) is 10.3 Å². The van der Waals surface area contributed by atoms with E-state index in [0.29, 0.717) is 22.8 Å². The molecule has 0 spiro atoms. The van der Waals surface area contributed by atoms with Crippen molar-refractivity contribution in [1.29, 1.82) is 0 Å². The lowest BCUT2D eigenvalue weighted by molar-refractivity contribution is -0.384. The number of carbonyl (C=O) groups is 1. The molecular formula is C25H21N5O4S. The summed E-state index contributed by atoms with van der Waals surface area (Å²) < 4.78 is 5.78. The maximum atomic E-state index is 12.7.